The second kappa shape index (κ2) is 8.06. The van der Waals surface area contributed by atoms with Gasteiger partial charge in [-0.15, -0.1) is 0 Å². The molecule has 1 N–H and O–H groups in total. The van der Waals surface area contributed by atoms with Crippen LogP contribution in [0.3, 0.4) is 0 Å². The Morgan fingerprint density at radius 1 is 1.04 bits per heavy atom. The molecule has 0 saturated carbocycles. The third-order valence-electron chi connectivity index (χ3n) is 3.43. The first-order valence-corrected chi connectivity index (χ1v) is 7.39. The van der Waals surface area contributed by atoms with Gasteiger partial charge in [0.25, 0.3) is 0 Å². The fourth-order valence-electron chi connectivity index (χ4n) is 2.23. The Morgan fingerprint density at radius 3 is 2.42 bits per heavy atom. The number of methoxy groups -OCH3 is 2. The van der Waals surface area contributed by atoms with Crippen molar-refractivity contribution < 1.29 is 24.1 Å². The lowest BCUT2D eigenvalue weighted by molar-refractivity contribution is -0.131. The van der Waals surface area contributed by atoms with E-state index in [-0.39, 0.29) is 6.61 Å². The van der Waals surface area contributed by atoms with Crippen molar-refractivity contribution in [3.63, 3.8) is 0 Å². The van der Waals surface area contributed by atoms with Crippen LogP contribution < -0.4 is 14.2 Å². The monoisotopic (exact) mass is 328 g/mol. The van der Waals surface area contributed by atoms with Crippen molar-refractivity contribution in [2.75, 3.05) is 14.2 Å². The average molecular weight is 328 g/mol. The zero-order valence-corrected chi connectivity index (χ0v) is 13.9. The molecule has 2 rings (SSSR count). The number of aliphatic carboxylic acids is 1. The van der Waals surface area contributed by atoms with Crippen LogP contribution in [-0.4, -0.2) is 25.3 Å². The highest BCUT2D eigenvalue weighted by atomic mass is 16.5. The first-order chi connectivity index (χ1) is 11.5. The molecule has 2 aromatic carbocycles. The van der Waals surface area contributed by atoms with Crippen LogP contribution in [-0.2, 0) is 11.4 Å². The molecular formula is C19H20O5. The van der Waals surface area contributed by atoms with Crippen LogP contribution in [0, 0.1) is 6.92 Å². The summed E-state index contributed by atoms with van der Waals surface area (Å²) in [5.74, 6) is 0.981. The minimum Gasteiger partial charge on any atom is -0.496 e. The van der Waals surface area contributed by atoms with Crippen molar-refractivity contribution in [3.05, 3.63) is 59.2 Å². The van der Waals surface area contributed by atoms with Crippen LogP contribution in [0.1, 0.15) is 16.7 Å². The van der Waals surface area contributed by atoms with Gasteiger partial charge in [-0.25, -0.2) is 4.79 Å². The number of ether oxygens (including phenoxy) is 3. The van der Waals surface area contributed by atoms with Gasteiger partial charge in [-0.1, -0.05) is 12.1 Å². The maximum atomic E-state index is 10.6. The number of benzene rings is 2. The summed E-state index contributed by atoms with van der Waals surface area (Å²) >= 11 is 0. The van der Waals surface area contributed by atoms with E-state index >= 15 is 0 Å². The Kier molecular flexibility index (Phi) is 5.84. The molecule has 0 aromatic heterocycles. The summed E-state index contributed by atoms with van der Waals surface area (Å²) < 4.78 is 16.5. The molecule has 0 saturated heterocycles. The quantitative estimate of drug-likeness (QED) is 0.785. The fourth-order valence-corrected chi connectivity index (χ4v) is 2.23. The fraction of sp³-hybridized carbons (Fsp3) is 0.211. The summed E-state index contributed by atoms with van der Waals surface area (Å²) in [4.78, 5) is 10.6. The van der Waals surface area contributed by atoms with Gasteiger partial charge >= 0.3 is 5.97 Å². The normalized spacial score (nSPS) is 10.6. The molecular weight excluding hydrogens is 308 g/mol. The molecule has 0 fully saturated rings. The summed E-state index contributed by atoms with van der Waals surface area (Å²) in [6, 6.07) is 11.1. The summed E-state index contributed by atoms with van der Waals surface area (Å²) in [6.45, 7) is 2.25. The van der Waals surface area contributed by atoms with Crippen LogP contribution in [0.25, 0.3) is 6.08 Å². The predicted octanol–water partition coefficient (Wildman–Crippen LogP) is 3.69. The Labute approximate surface area is 141 Å². The highest BCUT2D eigenvalue weighted by Crippen LogP contribution is 2.30. The highest BCUT2D eigenvalue weighted by Gasteiger charge is 2.08. The number of aryl methyl sites for hydroxylation is 1. The maximum absolute atomic E-state index is 10.6. The lowest BCUT2D eigenvalue weighted by Gasteiger charge is -2.14. The van der Waals surface area contributed by atoms with Gasteiger partial charge in [-0.3, -0.25) is 0 Å². The van der Waals surface area contributed by atoms with Crippen LogP contribution in [0.2, 0.25) is 0 Å². The van der Waals surface area contributed by atoms with E-state index < -0.39 is 5.97 Å². The number of hydrogen-bond acceptors (Lipinski definition) is 4. The van der Waals surface area contributed by atoms with E-state index in [2.05, 4.69) is 0 Å². The second-order valence-electron chi connectivity index (χ2n) is 5.19. The van der Waals surface area contributed by atoms with E-state index in [9.17, 15) is 4.79 Å². The molecule has 0 bridgehead atoms. The maximum Gasteiger partial charge on any atom is 0.328 e. The van der Waals surface area contributed by atoms with Gasteiger partial charge < -0.3 is 19.3 Å². The molecule has 24 heavy (non-hydrogen) atoms. The van der Waals surface area contributed by atoms with Crippen molar-refractivity contribution in [1.82, 2.24) is 0 Å². The molecule has 0 heterocycles. The number of carboxylic acids is 1. The van der Waals surface area contributed by atoms with E-state index in [0.29, 0.717) is 17.2 Å². The third-order valence-corrected chi connectivity index (χ3v) is 3.43. The zero-order valence-electron chi connectivity index (χ0n) is 13.9. The molecule has 5 heteroatoms. The van der Waals surface area contributed by atoms with Gasteiger partial charge in [0.15, 0.2) is 11.5 Å². The summed E-state index contributed by atoms with van der Waals surface area (Å²) in [6.07, 6.45) is 2.62. The van der Waals surface area contributed by atoms with Gasteiger partial charge in [0.2, 0.25) is 0 Å². The molecule has 2 aromatic rings. The van der Waals surface area contributed by atoms with E-state index in [1.54, 1.807) is 26.4 Å². The number of carbonyl (C=O) groups is 1. The molecule has 0 aliphatic carbocycles. The molecule has 0 spiro atoms. The molecule has 0 aliphatic heterocycles. The molecule has 0 amide bonds. The van der Waals surface area contributed by atoms with Gasteiger partial charge in [-0.2, -0.15) is 0 Å². The third kappa shape index (κ3) is 4.52. The van der Waals surface area contributed by atoms with Crippen LogP contribution in [0.15, 0.2) is 42.5 Å². The minimum absolute atomic E-state index is 0.275. The van der Waals surface area contributed by atoms with Gasteiger partial charge in [0, 0.05) is 11.6 Å². The average Bonchev–Trinajstić information content (AvgIpc) is 2.58. The SMILES string of the molecule is COc1ccc(C=CC(=O)O)cc1COc1ccc(C)cc1OC. The molecule has 0 atom stereocenters. The standard InChI is InChI=1S/C19H20O5/c1-13-4-7-17(18(10-13)23-3)24-12-15-11-14(6-9-19(20)21)5-8-16(15)22-2/h4-11H,12H2,1-3H3,(H,20,21). The van der Waals surface area contributed by atoms with Crippen molar-refractivity contribution in [2.24, 2.45) is 0 Å². The lowest BCUT2D eigenvalue weighted by atomic mass is 10.1. The highest BCUT2D eigenvalue weighted by molar-refractivity contribution is 5.85. The molecule has 0 radical (unpaired) electrons. The van der Waals surface area contributed by atoms with Crippen LogP contribution in [0.4, 0.5) is 0 Å². The molecule has 0 unspecified atom stereocenters. The van der Waals surface area contributed by atoms with Gasteiger partial charge in [-0.05, 0) is 48.4 Å². The van der Waals surface area contributed by atoms with Crippen molar-refractivity contribution in [3.8, 4) is 17.2 Å². The number of carboxylic acid groups (broad SMARTS) is 1. The lowest BCUT2D eigenvalue weighted by Crippen LogP contribution is -2.01. The summed E-state index contributed by atoms with van der Waals surface area (Å²) in [5, 5.41) is 8.73. The van der Waals surface area contributed by atoms with E-state index in [0.717, 1.165) is 22.8 Å². The van der Waals surface area contributed by atoms with Crippen molar-refractivity contribution in [2.45, 2.75) is 13.5 Å². The van der Waals surface area contributed by atoms with Crippen molar-refractivity contribution >= 4 is 12.0 Å². The second-order valence-corrected chi connectivity index (χ2v) is 5.19. The topological polar surface area (TPSA) is 65.0 Å². The van der Waals surface area contributed by atoms with E-state index in [4.69, 9.17) is 19.3 Å². The minimum atomic E-state index is -0.993. The Morgan fingerprint density at radius 2 is 1.75 bits per heavy atom. The van der Waals surface area contributed by atoms with Crippen molar-refractivity contribution in [1.29, 1.82) is 0 Å². The molecule has 0 aliphatic rings. The van der Waals surface area contributed by atoms with E-state index in [1.807, 2.05) is 31.2 Å². The Bertz CT molecular complexity index is 749. The number of rotatable bonds is 7. The zero-order chi connectivity index (χ0) is 17.5. The smallest absolute Gasteiger partial charge is 0.328 e. The largest absolute Gasteiger partial charge is 0.496 e. The van der Waals surface area contributed by atoms with E-state index in [1.165, 1.54) is 6.08 Å². The first-order valence-electron chi connectivity index (χ1n) is 7.39. The number of hydrogen-bond donors (Lipinski definition) is 1. The van der Waals surface area contributed by atoms with Gasteiger partial charge in [0.1, 0.15) is 12.4 Å². The van der Waals surface area contributed by atoms with Crippen LogP contribution >= 0.6 is 0 Å². The van der Waals surface area contributed by atoms with Gasteiger partial charge in [0.05, 0.1) is 14.2 Å². The molecule has 126 valence electrons. The summed E-state index contributed by atoms with van der Waals surface area (Å²) in [7, 11) is 3.18. The van der Waals surface area contributed by atoms with Crippen LogP contribution in [0.5, 0.6) is 17.2 Å². The molecule has 5 nitrogen and oxygen atoms in total. The Hall–Kier alpha value is -2.95. The predicted molar refractivity (Wildman–Crippen MR) is 91.7 cm³/mol. The Balaban J connectivity index is 2.22. The first kappa shape index (κ1) is 17.4. The summed E-state index contributed by atoms with van der Waals surface area (Å²) in [5.41, 5.74) is 2.65.